The van der Waals surface area contributed by atoms with Crippen molar-refractivity contribution in [2.24, 2.45) is 0 Å². The van der Waals surface area contributed by atoms with E-state index in [1.165, 1.54) is 6.92 Å². The van der Waals surface area contributed by atoms with Crippen LogP contribution in [0.2, 0.25) is 0 Å². The molecule has 0 saturated carbocycles. The van der Waals surface area contributed by atoms with E-state index in [0.29, 0.717) is 0 Å². The van der Waals surface area contributed by atoms with Crippen molar-refractivity contribution in [2.45, 2.75) is 77.6 Å². The first-order valence-electron chi connectivity index (χ1n) is 10.0. The molecule has 0 aromatic heterocycles. The van der Waals surface area contributed by atoms with Crippen molar-refractivity contribution in [1.82, 2.24) is 5.32 Å². The average Bonchev–Trinajstić information content (AvgIpc) is 2.68. The summed E-state index contributed by atoms with van der Waals surface area (Å²) in [5, 5.41) is 2.56. The molecule has 0 aromatic rings. The standard InChI is InChI=1S/C20H29NO12/c1-9(22)21-17-14(30-11(3)24)7-15(20(27)28-6)33-19(17)18(32-13(5)26)16(31-12(4)25)8-29-10(2)23/h14-19H,7-8H2,1-6H3,(H,21,22)/t14-,15-,16+,17+,18+,19+/m0/s1. The maximum Gasteiger partial charge on any atom is 0.335 e. The second-order valence-corrected chi connectivity index (χ2v) is 7.25. The summed E-state index contributed by atoms with van der Waals surface area (Å²) in [7, 11) is 1.12. The van der Waals surface area contributed by atoms with Gasteiger partial charge in [-0.1, -0.05) is 0 Å². The molecule has 1 aliphatic heterocycles. The highest BCUT2D eigenvalue weighted by molar-refractivity contribution is 5.76. The summed E-state index contributed by atoms with van der Waals surface area (Å²) in [4.78, 5) is 70.8. The smallest absolute Gasteiger partial charge is 0.335 e. The number of hydrogen-bond acceptors (Lipinski definition) is 12. The number of hydrogen-bond donors (Lipinski definition) is 1. The SMILES string of the molecule is COC(=O)[C@@H]1C[C@H](OC(C)=O)[C@@H](NC(C)=O)[C@H]([C@H](OC(C)=O)[C@@H](COC(C)=O)OC(C)=O)O1. The van der Waals surface area contributed by atoms with Gasteiger partial charge in [-0.25, -0.2) is 4.79 Å². The molecule has 0 aromatic carbocycles. The molecule has 0 spiro atoms. The Bertz CT molecular complexity index is 766. The third-order valence-electron chi connectivity index (χ3n) is 4.43. The van der Waals surface area contributed by atoms with Crippen LogP contribution in [0.5, 0.6) is 0 Å². The highest BCUT2D eigenvalue weighted by Crippen LogP contribution is 2.29. The van der Waals surface area contributed by atoms with Crippen molar-refractivity contribution in [3.63, 3.8) is 0 Å². The van der Waals surface area contributed by atoms with Gasteiger partial charge in [-0.2, -0.15) is 0 Å². The normalized spacial score (nSPS) is 23.8. The van der Waals surface area contributed by atoms with Crippen molar-refractivity contribution < 1.29 is 57.2 Å². The lowest BCUT2D eigenvalue weighted by Crippen LogP contribution is -2.65. The lowest BCUT2D eigenvalue weighted by Gasteiger charge is -2.44. The molecule has 6 atom stereocenters. The Morgan fingerprint density at radius 3 is 1.97 bits per heavy atom. The van der Waals surface area contributed by atoms with Gasteiger partial charge in [0.25, 0.3) is 0 Å². The van der Waals surface area contributed by atoms with Gasteiger partial charge in [-0.15, -0.1) is 0 Å². The van der Waals surface area contributed by atoms with Gasteiger partial charge in [0.2, 0.25) is 5.91 Å². The maximum atomic E-state index is 12.2. The largest absolute Gasteiger partial charge is 0.467 e. The molecule has 0 radical (unpaired) electrons. The fourth-order valence-electron chi connectivity index (χ4n) is 3.36. The zero-order chi connectivity index (χ0) is 25.3. The number of nitrogens with one attached hydrogen (secondary N) is 1. The van der Waals surface area contributed by atoms with Gasteiger partial charge in [0.15, 0.2) is 18.3 Å². The molecule has 1 rings (SSSR count). The second kappa shape index (κ2) is 12.7. The molecule has 1 aliphatic rings. The van der Waals surface area contributed by atoms with Gasteiger partial charge in [0, 0.05) is 41.0 Å². The third kappa shape index (κ3) is 9.04. The van der Waals surface area contributed by atoms with E-state index in [9.17, 15) is 28.8 Å². The van der Waals surface area contributed by atoms with Crippen LogP contribution in [0.15, 0.2) is 0 Å². The molecule has 0 bridgehead atoms. The molecule has 1 N–H and O–H groups in total. The van der Waals surface area contributed by atoms with E-state index < -0.39 is 78.9 Å². The van der Waals surface area contributed by atoms with Gasteiger partial charge in [-0.3, -0.25) is 24.0 Å². The minimum absolute atomic E-state index is 0.178. The van der Waals surface area contributed by atoms with Crippen molar-refractivity contribution in [1.29, 1.82) is 0 Å². The number of carbonyl (C=O) groups is 6. The minimum atomic E-state index is -1.48. The number of carbonyl (C=O) groups excluding carboxylic acids is 6. The quantitative estimate of drug-likeness (QED) is 0.325. The number of ether oxygens (including phenoxy) is 6. The molecular formula is C20H29NO12. The predicted molar refractivity (Wildman–Crippen MR) is 106 cm³/mol. The van der Waals surface area contributed by atoms with E-state index in [-0.39, 0.29) is 6.42 Å². The van der Waals surface area contributed by atoms with Crippen LogP contribution >= 0.6 is 0 Å². The molecule has 186 valence electrons. The predicted octanol–water partition coefficient (Wildman–Crippen LogP) is -0.820. The lowest BCUT2D eigenvalue weighted by molar-refractivity contribution is -0.217. The second-order valence-electron chi connectivity index (χ2n) is 7.25. The Morgan fingerprint density at radius 2 is 1.52 bits per heavy atom. The molecule has 0 unspecified atom stereocenters. The first-order valence-corrected chi connectivity index (χ1v) is 10.0. The Labute approximate surface area is 190 Å². The monoisotopic (exact) mass is 475 g/mol. The van der Waals surface area contributed by atoms with Crippen LogP contribution in [0.1, 0.15) is 41.0 Å². The van der Waals surface area contributed by atoms with Crippen molar-refractivity contribution in [3.8, 4) is 0 Å². The van der Waals surface area contributed by atoms with Crippen LogP contribution in [0.4, 0.5) is 0 Å². The van der Waals surface area contributed by atoms with E-state index in [1.54, 1.807) is 0 Å². The minimum Gasteiger partial charge on any atom is -0.467 e. The lowest BCUT2D eigenvalue weighted by atomic mass is 9.89. The van der Waals surface area contributed by atoms with Crippen molar-refractivity contribution in [2.75, 3.05) is 13.7 Å². The Morgan fingerprint density at radius 1 is 0.909 bits per heavy atom. The molecule has 1 heterocycles. The van der Waals surface area contributed by atoms with Crippen LogP contribution in [-0.4, -0.2) is 86.0 Å². The third-order valence-corrected chi connectivity index (χ3v) is 4.43. The van der Waals surface area contributed by atoms with E-state index in [0.717, 1.165) is 34.8 Å². The van der Waals surface area contributed by atoms with E-state index in [1.807, 2.05) is 0 Å². The van der Waals surface area contributed by atoms with Crippen LogP contribution < -0.4 is 5.32 Å². The fourth-order valence-corrected chi connectivity index (χ4v) is 3.36. The average molecular weight is 475 g/mol. The maximum absolute atomic E-state index is 12.2. The highest BCUT2D eigenvalue weighted by Gasteiger charge is 2.51. The highest BCUT2D eigenvalue weighted by atomic mass is 16.6. The Hall–Kier alpha value is -3.22. The van der Waals surface area contributed by atoms with Gasteiger partial charge in [0.1, 0.15) is 18.8 Å². The molecular weight excluding hydrogens is 446 g/mol. The zero-order valence-electron chi connectivity index (χ0n) is 19.3. The molecule has 1 amide bonds. The zero-order valence-corrected chi connectivity index (χ0v) is 19.3. The topological polar surface area (TPSA) is 170 Å². The first-order chi connectivity index (χ1) is 15.3. The van der Waals surface area contributed by atoms with Crippen molar-refractivity contribution in [3.05, 3.63) is 0 Å². The molecule has 13 heteroatoms. The summed E-state index contributed by atoms with van der Waals surface area (Å²) in [6, 6.07) is -1.13. The molecule has 33 heavy (non-hydrogen) atoms. The van der Waals surface area contributed by atoms with E-state index in [2.05, 4.69) is 5.32 Å². The van der Waals surface area contributed by atoms with Crippen LogP contribution in [0.25, 0.3) is 0 Å². The van der Waals surface area contributed by atoms with Gasteiger partial charge >= 0.3 is 29.8 Å². The molecule has 1 saturated heterocycles. The number of rotatable bonds is 9. The van der Waals surface area contributed by atoms with E-state index >= 15 is 0 Å². The van der Waals surface area contributed by atoms with Crippen LogP contribution in [0, 0.1) is 0 Å². The fraction of sp³-hybridized carbons (Fsp3) is 0.700. The van der Waals surface area contributed by atoms with Crippen LogP contribution in [0.3, 0.4) is 0 Å². The molecule has 1 fully saturated rings. The summed E-state index contributed by atoms with van der Waals surface area (Å²) >= 11 is 0. The number of esters is 5. The summed E-state index contributed by atoms with van der Waals surface area (Å²) in [5.74, 6) is -4.40. The molecule has 13 nitrogen and oxygen atoms in total. The summed E-state index contributed by atoms with van der Waals surface area (Å²) in [6.07, 6.45) is -6.79. The Balaban J connectivity index is 3.53. The summed E-state index contributed by atoms with van der Waals surface area (Å²) < 4.78 is 31.3. The summed E-state index contributed by atoms with van der Waals surface area (Å²) in [6.45, 7) is 5.07. The van der Waals surface area contributed by atoms with Gasteiger partial charge in [0.05, 0.1) is 13.2 Å². The number of amides is 1. The molecule has 0 aliphatic carbocycles. The summed E-state index contributed by atoms with van der Waals surface area (Å²) in [5.41, 5.74) is 0. The van der Waals surface area contributed by atoms with Gasteiger partial charge < -0.3 is 33.7 Å². The van der Waals surface area contributed by atoms with E-state index in [4.69, 9.17) is 28.4 Å². The first kappa shape index (κ1) is 27.8. The number of methoxy groups -OCH3 is 1. The van der Waals surface area contributed by atoms with Crippen molar-refractivity contribution >= 4 is 35.8 Å². The Kier molecular flexibility index (Phi) is 10.7. The van der Waals surface area contributed by atoms with Crippen LogP contribution in [-0.2, 0) is 57.2 Å². The van der Waals surface area contributed by atoms with Gasteiger partial charge in [-0.05, 0) is 0 Å².